The Hall–Kier alpha value is -3.08. The lowest BCUT2D eigenvalue weighted by molar-refractivity contribution is -0.142. The van der Waals surface area contributed by atoms with E-state index in [1.54, 1.807) is 32.9 Å². The zero-order chi connectivity index (χ0) is 18.2. The molecular formula is C20H18O5. The Morgan fingerprint density at radius 1 is 1.12 bits per heavy atom. The van der Waals surface area contributed by atoms with E-state index >= 15 is 0 Å². The number of benzene rings is 2. The summed E-state index contributed by atoms with van der Waals surface area (Å²) in [6, 6.07) is 11.7. The molecule has 0 atom stereocenters. The largest absolute Gasteiger partial charge is 0.507 e. The van der Waals surface area contributed by atoms with E-state index in [2.05, 4.69) is 0 Å². The van der Waals surface area contributed by atoms with Gasteiger partial charge < -0.3 is 14.3 Å². The lowest BCUT2D eigenvalue weighted by Crippen LogP contribution is -2.25. The minimum Gasteiger partial charge on any atom is -0.507 e. The Morgan fingerprint density at radius 2 is 1.80 bits per heavy atom. The van der Waals surface area contributed by atoms with E-state index in [1.807, 2.05) is 18.2 Å². The van der Waals surface area contributed by atoms with Gasteiger partial charge in [-0.1, -0.05) is 30.3 Å². The molecule has 2 aromatic carbocycles. The Morgan fingerprint density at radius 3 is 2.44 bits per heavy atom. The topological polar surface area (TPSA) is 76.7 Å². The van der Waals surface area contributed by atoms with Gasteiger partial charge in [0.1, 0.15) is 28.7 Å². The van der Waals surface area contributed by atoms with Gasteiger partial charge in [0.15, 0.2) is 0 Å². The summed E-state index contributed by atoms with van der Waals surface area (Å²) in [5, 5.41) is 10.3. The van der Waals surface area contributed by atoms with Crippen LogP contribution in [0.2, 0.25) is 0 Å². The fraction of sp³-hybridized carbons (Fsp3) is 0.200. The molecule has 1 N–H and O–H groups in total. The minimum absolute atomic E-state index is 0.0527. The molecule has 1 aromatic heterocycles. The van der Waals surface area contributed by atoms with Crippen LogP contribution < -0.4 is 10.2 Å². The van der Waals surface area contributed by atoms with Crippen LogP contribution in [0.1, 0.15) is 20.8 Å². The van der Waals surface area contributed by atoms with Crippen LogP contribution in [0.3, 0.4) is 0 Å². The first-order valence-electron chi connectivity index (χ1n) is 7.83. The highest BCUT2D eigenvalue weighted by Gasteiger charge is 2.24. The van der Waals surface area contributed by atoms with Crippen molar-refractivity contribution < 1.29 is 19.1 Å². The molecule has 0 fully saturated rings. The van der Waals surface area contributed by atoms with Gasteiger partial charge in [0.05, 0.1) is 11.0 Å². The van der Waals surface area contributed by atoms with Crippen LogP contribution >= 0.6 is 0 Å². The number of carbonyl (C=O) groups is 1. The molecule has 0 aliphatic rings. The first-order valence-corrected chi connectivity index (χ1v) is 7.83. The zero-order valence-corrected chi connectivity index (χ0v) is 14.2. The van der Waals surface area contributed by atoms with Gasteiger partial charge in [-0.3, -0.25) is 9.59 Å². The van der Waals surface area contributed by atoms with Gasteiger partial charge in [-0.05, 0) is 26.3 Å². The number of hydrogen-bond donors (Lipinski definition) is 1. The summed E-state index contributed by atoms with van der Waals surface area (Å²) in [6.07, 6.45) is 1.34. The second-order valence-corrected chi connectivity index (χ2v) is 6.80. The Labute approximate surface area is 144 Å². The van der Waals surface area contributed by atoms with E-state index < -0.39 is 11.4 Å². The maximum absolute atomic E-state index is 12.7. The molecule has 5 nitrogen and oxygen atoms in total. The number of rotatable bonds is 2. The first-order chi connectivity index (χ1) is 11.8. The van der Waals surface area contributed by atoms with Crippen LogP contribution in [0.25, 0.3) is 22.1 Å². The number of fused-ring (bicyclic) bond motifs is 1. The third-order valence-corrected chi connectivity index (χ3v) is 3.74. The molecule has 0 radical (unpaired) electrons. The normalized spacial score (nSPS) is 11.5. The molecule has 5 heteroatoms. The number of phenols is 1. The van der Waals surface area contributed by atoms with Crippen molar-refractivity contribution in [3.63, 3.8) is 0 Å². The van der Waals surface area contributed by atoms with Crippen molar-refractivity contribution in [3.8, 4) is 22.6 Å². The summed E-state index contributed by atoms with van der Waals surface area (Å²) in [7, 11) is 0. The number of carbonyl (C=O) groups excluding carboxylic acids is 1. The molecule has 128 valence electrons. The number of esters is 1. The summed E-state index contributed by atoms with van der Waals surface area (Å²) in [4.78, 5) is 24.7. The van der Waals surface area contributed by atoms with Crippen molar-refractivity contribution >= 4 is 16.9 Å². The molecule has 0 bridgehead atoms. The molecule has 0 spiro atoms. The van der Waals surface area contributed by atoms with Gasteiger partial charge in [-0.25, -0.2) is 0 Å². The Kier molecular flexibility index (Phi) is 4.08. The molecule has 25 heavy (non-hydrogen) atoms. The van der Waals surface area contributed by atoms with Gasteiger partial charge in [0.2, 0.25) is 5.43 Å². The Bertz CT molecular complexity index is 994. The standard InChI is InChI=1S/C20H18O5/c1-20(2,3)19(23)25-13-9-15(21)17-16(10-13)24-11-14(18(17)22)12-7-5-4-6-8-12/h4-11,21H,1-3H3. The highest BCUT2D eigenvalue weighted by molar-refractivity contribution is 5.89. The highest BCUT2D eigenvalue weighted by atomic mass is 16.5. The smallest absolute Gasteiger partial charge is 0.316 e. The molecule has 0 aliphatic heterocycles. The number of phenolic OH excluding ortho intramolecular Hbond substituents is 1. The van der Waals surface area contributed by atoms with E-state index in [-0.39, 0.29) is 27.9 Å². The predicted octanol–water partition coefficient (Wildman–Crippen LogP) is 4.12. The van der Waals surface area contributed by atoms with E-state index in [9.17, 15) is 14.7 Å². The molecule has 0 saturated heterocycles. The van der Waals surface area contributed by atoms with Crippen molar-refractivity contribution in [2.24, 2.45) is 5.41 Å². The van der Waals surface area contributed by atoms with Crippen LogP contribution in [-0.2, 0) is 4.79 Å². The van der Waals surface area contributed by atoms with Gasteiger partial charge in [-0.15, -0.1) is 0 Å². The molecule has 0 saturated carbocycles. The van der Waals surface area contributed by atoms with Crippen LogP contribution in [0.5, 0.6) is 11.5 Å². The predicted molar refractivity (Wildman–Crippen MR) is 94.7 cm³/mol. The Balaban J connectivity index is 2.10. The van der Waals surface area contributed by atoms with Crippen LogP contribution in [0.4, 0.5) is 0 Å². The van der Waals surface area contributed by atoms with Gasteiger partial charge in [-0.2, -0.15) is 0 Å². The third-order valence-electron chi connectivity index (χ3n) is 3.74. The van der Waals surface area contributed by atoms with E-state index in [0.29, 0.717) is 11.1 Å². The third kappa shape index (κ3) is 3.26. The lowest BCUT2D eigenvalue weighted by Gasteiger charge is -2.16. The quantitative estimate of drug-likeness (QED) is 0.562. The van der Waals surface area contributed by atoms with Crippen LogP contribution in [-0.4, -0.2) is 11.1 Å². The molecule has 0 unspecified atom stereocenters. The van der Waals surface area contributed by atoms with Crippen molar-refractivity contribution in [2.45, 2.75) is 20.8 Å². The molecule has 3 rings (SSSR count). The van der Waals surface area contributed by atoms with Gasteiger partial charge in [0, 0.05) is 12.1 Å². The van der Waals surface area contributed by atoms with Crippen molar-refractivity contribution in [1.82, 2.24) is 0 Å². The monoisotopic (exact) mass is 338 g/mol. The van der Waals surface area contributed by atoms with Crippen LogP contribution in [0.15, 0.2) is 57.9 Å². The molecule has 1 heterocycles. The summed E-state index contributed by atoms with van der Waals surface area (Å²) in [5.41, 5.74) is 0.159. The average molecular weight is 338 g/mol. The van der Waals surface area contributed by atoms with Crippen LogP contribution in [0, 0.1) is 5.41 Å². The highest BCUT2D eigenvalue weighted by Crippen LogP contribution is 2.31. The number of aromatic hydroxyl groups is 1. The average Bonchev–Trinajstić information content (AvgIpc) is 2.54. The zero-order valence-electron chi connectivity index (χ0n) is 14.2. The first kappa shape index (κ1) is 16.8. The second-order valence-electron chi connectivity index (χ2n) is 6.80. The SMILES string of the molecule is CC(C)(C)C(=O)Oc1cc(O)c2c(=O)c(-c3ccccc3)coc2c1. The second kappa shape index (κ2) is 6.09. The van der Waals surface area contributed by atoms with Crippen molar-refractivity contribution in [3.05, 3.63) is 59.0 Å². The van der Waals surface area contributed by atoms with E-state index in [0.717, 1.165) is 0 Å². The summed E-state index contributed by atoms with van der Waals surface area (Å²) in [5.74, 6) is -0.615. The molecule has 0 amide bonds. The molecule has 3 aromatic rings. The molecule has 0 aliphatic carbocycles. The maximum atomic E-state index is 12.7. The van der Waals surface area contributed by atoms with Gasteiger partial charge >= 0.3 is 5.97 Å². The van der Waals surface area contributed by atoms with E-state index in [1.165, 1.54) is 18.4 Å². The number of hydrogen-bond acceptors (Lipinski definition) is 5. The van der Waals surface area contributed by atoms with Crippen molar-refractivity contribution in [1.29, 1.82) is 0 Å². The van der Waals surface area contributed by atoms with Gasteiger partial charge in [0.25, 0.3) is 0 Å². The fourth-order valence-electron chi connectivity index (χ4n) is 2.34. The lowest BCUT2D eigenvalue weighted by atomic mass is 9.97. The number of ether oxygens (including phenoxy) is 1. The maximum Gasteiger partial charge on any atom is 0.316 e. The van der Waals surface area contributed by atoms with E-state index in [4.69, 9.17) is 9.15 Å². The summed E-state index contributed by atoms with van der Waals surface area (Å²) in [6.45, 7) is 5.17. The summed E-state index contributed by atoms with van der Waals surface area (Å²) < 4.78 is 10.8. The minimum atomic E-state index is -0.692. The van der Waals surface area contributed by atoms with Crippen molar-refractivity contribution in [2.75, 3.05) is 0 Å². The fourth-order valence-corrected chi connectivity index (χ4v) is 2.34. The summed E-state index contributed by atoms with van der Waals surface area (Å²) >= 11 is 0. The molecular weight excluding hydrogens is 320 g/mol.